The number of hydrogen-bond acceptors (Lipinski definition) is 3. The average molecular weight is 244 g/mol. The number of hydrogen-bond donors (Lipinski definition) is 2. The van der Waals surface area contributed by atoms with Gasteiger partial charge in [-0.15, -0.1) is 0 Å². The van der Waals surface area contributed by atoms with Crippen LogP contribution in [0.3, 0.4) is 0 Å². The molecule has 90 valence electrons. The minimum absolute atomic E-state index is 0.00574. The van der Waals surface area contributed by atoms with Crippen LogP contribution in [0.4, 0.5) is 0 Å². The van der Waals surface area contributed by atoms with Gasteiger partial charge in [0.25, 0.3) is 0 Å². The first-order valence-corrected chi connectivity index (χ1v) is 5.74. The van der Waals surface area contributed by atoms with Crippen LogP contribution in [-0.4, -0.2) is 18.8 Å². The number of halogens is 1. The molecule has 0 bridgehead atoms. The van der Waals surface area contributed by atoms with Crippen molar-refractivity contribution < 1.29 is 9.84 Å². The molecule has 0 heterocycles. The first-order chi connectivity index (χ1) is 7.65. The quantitative estimate of drug-likeness (QED) is 0.835. The lowest BCUT2D eigenvalue weighted by Crippen LogP contribution is -2.22. The first-order valence-electron chi connectivity index (χ1n) is 5.36. The molecule has 0 fully saturated rings. The molecule has 0 amide bonds. The summed E-state index contributed by atoms with van der Waals surface area (Å²) in [6, 6.07) is 5.32. The van der Waals surface area contributed by atoms with E-state index in [0.29, 0.717) is 22.9 Å². The lowest BCUT2D eigenvalue weighted by molar-refractivity contribution is 0.107. The zero-order valence-corrected chi connectivity index (χ0v) is 10.4. The van der Waals surface area contributed by atoms with E-state index in [4.69, 9.17) is 22.1 Å². The van der Waals surface area contributed by atoms with E-state index in [1.807, 2.05) is 6.92 Å². The van der Waals surface area contributed by atoms with Crippen molar-refractivity contribution in [3.05, 3.63) is 28.8 Å². The molecular weight excluding hydrogens is 226 g/mol. The van der Waals surface area contributed by atoms with Crippen LogP contribution in [0.25, 0.3) is 0 Å². The van der Waals surface area contributed by atoms with Gasteiger partial charge < -0.3 is 15.6 Å². The van der Waals surface area contributed by atoms with Gasteiger partial charge in [-0.1, -0.05) is 24.6 Å². The highest BCUT2D eigenvalue weighted by molar-refractivity contribution is 6.31. The van der Waals surface area contributed by atoms with Gasteiger partial charge in [-0.2, -0.15) is 0 Å². The Morgan fingerprint density at radius 2 is 2.19 bits per heavy atom. The molecule has 0 aliphatic rings. The summed E-state index contributed by atoms with van der Waals surface area (Å²) in [5, 5.41) is 10.7. The summed E-state index contributed by atoms with van der Waals surface area (Å²) in [5.41, 5.74) is 6.25. The maximum atomic E-state index is 10.2. The van der Waals surface area contributed by atoms with Crippen LogP contribution in [0.5, 0.6) is 5.75 Å². The van der Waals surface area contributed by atoms with E-state index in [2.05, 4.69) is 0 Å². The van der Waals surface area contributed by atoms with Crippen molar-refractivity contribution in [1.29, 1.82) is 0 Å². The van der Waals surface area contributed by atoms with E-state index >= 15 is 0 Å². The van der Waals surface area contributed by atoms with Gasteiger partial charge >= 0.3 is 0 Å². The van der Waals surface area contributed by atoms with Crippen LogP contribution in [0.1, 0.15) is 25.0 Å². The molecule has 1 rings (SSSR count). The number of aliphatic hydroxyl groups excluding tert-OH is 1. The molecule has 0 aromatic heterocycles. The van der Waals surface area contributed by atoms with Crippen LogP contribution in [-0.2, 0) is 0 Å². The Balaban J connectivity index is 3.10. The molecule has 0 spiro atoms. The largest absolute Gasteiger partial charge is 0.496 e. The van der Waals surface area contributed by atoms with Crippen molar-refractivity contribution in [3.8, 4) is 5.75 Å². The van der Waals surface area contributed by atoms with E-state index in [1.165, 1.54) is 0 Å². The Labute approximate surface area is 101 Å². The predicted molar refractivity (Wildman–Crippen MR) is 65.8 cm³/mol. The second-order valence-corrected chi connectivity index (χ2v) is 4.11. The summed E-state index contributed by atoms with van der Waals surface area (Å²) in [6.45, 7) is 2.41. The van der Waals surface area contributed by atoms with Gasteiger partial charge in [0.1, 0.15) is 5.75 Å². The van der Waals surface area contributed by atoms with Crippen LogP contribution in [0.15, 0.2) is 18.2 Å². The van der Waals surface area contributed by atoms with Crippen LogP contribution in [0, 0.1) is 5.92 Å². The summed E-state index contributed by atoms with van der Waals surface area (Å²) in [5.74, 6) is 0.598. The van der Waals surface area contributed by atoms with Crippen LogP contribution >= 0.6 is 11.6 Å². The average Bonchev–Trinajstić information content (AvgIpc) is 2.29. The number of nitrogens with two attached hydrogens (primary N) is 1. The van der Waals surface area contributed by atoms with Crippen molar-refractivity contribution >= 4 is 11.6 Å². The maximum Gasteiger partial charge on any atom is 0.126 e. The molecule has 4 heteroatoms. The highest BCUT2D eigenvalue weighted by Gasteiger charge is 2.23. The van der Waals surface area contributed by atoms with E-state index in [-0.39, 0.29) is 5.92 Å². The summed E-state index contributed by atoms with van der Waals surface area (Å²) in [4.78, 5) is 0. The van der Waals surface area contributed by atoms with Gasteiger partial charge in [0.2, 0.25) is 0 Å². The van der Waals surface area contributed by atoms with E-state index < -0.39 is 6.10 Å². The number of benzene rings is 1. The third kappa shape index (κ3) is 2.67. The number of ether oxygens (including phenoxy) is 1. The zero-order chi connectivity index (χ0) is 12.1. The fourth-order valence-corrected chi connectivity index (χ4v) is 2.01. The molecule has 1 aromatic rings. The molecular formula is C12H18ClNO2. The number of rotatable bonds is 5. The minimum Gasteiger partial charge on any atom is -0.496 e. The van der Waals surface area contributed by atoms with Crippen molar-refractivity contribution in [3.63, 3.8) is 0 Å². The maximum absolute atomic E-state index is 10.2. The summed E-state index contributed by atoms with van der Waals surface area (Å²) >= 11 is 6.08. The molecule has 2 unspecified atom stereocenters. The van der Waals surface area contributed by atoms with Crippen LogP contribution < -0.4 is 10.5 Å². The molecule has 0 radical (unpaired) electrons. The molecule has 0 aliphatic carbocycles. The molecule has 3 N–H and O–H groups in total. The van der Waals surface area contributed by atoms with Crippen LogP contribution in [0.2, 0.25) is 5.02 Å². The molecule has 16 heavy (non-hydrogen) atoms. The van der Waals surface area contributed by atoms with Gasteiger partial charge in [0, 0.05) is 11.5 Å². The lowest BCUT2D eigenvalue weighted by Gasteiger charge is -2.23. The van der Waals surface area contributed by atoms with Gasteiger partial charge in [0.05, 0.1) is 18.2 Å². The third-order valence-corrected chi connectivity index (χ3v) is 3.13. The van der Waals surface area contributed by atoms with Crippen molar-refractivity contribution in [1.82, 2.24) is 0 Å². The first kappa shape index (κ1) is 13.3. The molecule has 0 aliphatic heterocycles. The third-order valence-electron chi connectivity index (χ3n) is 2.80. The van der Waals surface area contributed by atoms with E-state index in [9.17, 15) is 5.11 Å². The molecule has 1 aromatic carbocycles. The summed E-state index contributed by atoms with van der Waals surface area (Å²) < 4.78 is 5.20. The Hall–Kier alpha value is -0.770. The highest BCUT2D eigenvalue weighted by atomic mass is 35.5. The number of methoxy groups -OCH3 is 1. The SMILES string of the molecule is CCC(CN)C(O)c1c(Cl)cccc1OC. The van der Waals surface area contributed by atoms with Gasteiger partial charge in [-0.3, -0.25) is 0 Å². The zero-order valence-electron chi connectivity index (χ0n) is 9.61. The molecule has 0 saturated heterocycles. The molecule has 3 nitrogen and oxygen atoms in total. The van der Waals surface area contributed by atoms with Crippen molar-refractivity contribution in [2.75, 3.05) is 13.7 Å². The molecule has 0 saturated carbocycles. The second-order valence-electron chi connectivity index (χ2n) is 3.70. The Bertz CT molecular complexity index is 340. The second kappa shape index (κ2) is 6.09. The standard InChI is InChI=1S/C12H18ClNO2/c1-3-8(7-14)12(15)11-9(13)5-4-6-10(11)16-2/h4-6,8,12,15H,3,7,14H2,1-2H3. The topological polar surface area (TPSA) is 55.5 Å². The van der Waals surface area contributed by atoms with E-state index in [0.717, 1.165) is 6.42 Å². The minimum atomic E-state index is -0.682. The lowest BCUT2D eigenvalue weighted by atomic mass is 9.93. The van der Waals surface area contributed by atoms with Gasteiger partial charge in [-0.05, 0) is 25.1 Å². The van der Waals surface area contributed by atoms with Crippen molar-refractivity contribution in [2.24, 2.45) is 11.7 Å². The Kier molecular flexibility index (Phi) is 5.06. The monoisotopic (exact) mass is 243 g/mol. The predicted octanol–water partition coefficient (Wildman–Crippen LogP) is 2.37. The highest BCUT2D eigenvalue weighted by Crippen LogP contribution is 2.36. The molecule has 2 atom stereocenters. The Morgan fingerprint density at radius 3 is 2.69 bits per heavy atom. The van der Waals surface area contributed by atoms with Crippen molar-refractivity contribution in [2.45, 2.75) is 19.4 Å². The van der Waals surface area contributed by atoms with E-state index in [1.54, 1.807) is 25.3 Å². The normalized spacial score (nSPS) is 14.6. The van der Waals surface area contributed by atoms with Gasteiger partial charge in [0.15, 0.2) is 0 Å². The summed E-state index contributed by atoms with van der Waals surface area (Å²) in [7, 11) is 1.56. The van der Waals surface area contributed by atoms with Gasteiger partial charge in [-0.25, -0.2) is 0 Å². The fraction of sp³-hybridized carbons (Fsp3) is 0.500. The smallest absolute Gasteiger partial charge is 0.126 e. The fourth-order valence-electron chi connectivity index (χ4n) is 1.74. The Morgan fingerprint density at radius 1 is 1.50 bits per heavy atom. The summed E-state index contributed by atoms with van der Waals surface area (Å²) in [6.07, 6.45) is 0.116. The number of aliphatic hydroxyl groups is 1.